The minimum atomic E-state index is -3.22. The Bertz CT molecular complexity index is 3300. The van der Waals surface area contributed by atoms with Crippen LogP contribution >= 0.6 is 0 Å². The van der Waals surface area contributed by atoms with E-state index in [-0.39, 0.29) is 56.4 Å². The van der Waals surface area contributed by atoms with Crippen molar-refractivity contribution in [3.05, 3.63) is 138 Å². The Morgan fingerprint density at radius 2 is 1.16 bits per heavy atom. The van der Waals surface area contributed by atoms with Crippen LogP contribution in [0.4, 0.5) is 0 Å². The van der Waals surface area contributed by atoms with E-state index in [1.165, 1.54) is 36.5 Å². The van der Waals surface area contributed by atoms with Gasteiger partial charge in [-0.05, 0) is 85.5 Å². The molecule has 0 N–H and O–H groups in total. The number of hydrogen-bond acceptors (Lipinski definition) is 4. The van der Waals surface area contributed by atoms with Crippen LogP contribution in [0.1, 0.15) is 52.4 Å². The van der Waals surface area contributed by atoms with Gasteiger partial charge >= 0.3 is 0 Å². The summed E-state index contributed by atoms with van der Waals surface area (Å²) in [6, 6.07) is 30.6. The predicted octanol–water partition coefficient (Wildman–Crippen LogP) is 9.62. The third kappa shape index (κ3) is 3.42. The van der Waals surface area contributed by atoms with Crippen LogP contribution in [0.2, 0.25) is 0 Å². The van der Waals surface area contributed by atoms with Gasteiger partial charge in [0.1, 0.15) is 17.3 Å². The first-order chi connectivity index (χ1) is 29.3. The summed E-state index contributed by atoms with van der Waals surface area (Å²) in [6.07, 6.45) is 1.30. The van der Waals surface area contributed by atoms with E-state index in [9.17, 15) is 0 Å². The largest absolute Gasteiger partial charge is 0.455 e. The number of para-hydroxylation sites is 6. The molecule has 6 heterocycles. The van der Waals surface area contributed by atoms with Crippen LogP contribution in [0.25, 0.3) is 67.2 Å². The quantitative estimate of drug-likeness (QED) is 0.185. The minimum Gasteiger partial charge on any atom is -0.455 e. The number of aryl methyl sites for hydroxylation is 2. The lowest BCUT2D eigenvalue weighted by Gasteiger charge is -2.35. The third-order valence-corrected chi connectivity index (χ3v) is 9.79. The van der Waals surface area contributed by atoms with E-state index in [0.717, 1.165) is 0 Å². The van der Waals surface area contributed by atoms with Crippen LogP contribution in [-0.4, -0.2) is 32.9 Å². The van der Waals surface area contributed by atoms with Gasteiger partial charge in [0.2, 0.25) is 11.6 Å². The number of ether oxygens (including phenoxy) is 1. The van der Waals surface area contributed by atoms with E-state index in [4.69, 9.17) is 36.1 Å². The van der Waals surface area contributed by atoms with Crippen molar-refractivity contribution in [2.24, 2.45) is 0 Å². The van der Waals surface area contributed by atoms with E-state index >= 15 is 0 Å². The first kappa shape index (κ1) is 18.4. The van der Waals surface area contributed by atoms with Gasteiger partial charge in [0, 0.05) is 38.7 Å². The Labute approximate surface area is 303 Å². The normalized spacial score (nSPS) is 18.5. The molecule has 0 radical (unpaired) electrons. The lowest BCUT2D eigenvalue weighted by molar-refractivity contribution is 0.415. The maximum absolute atomic E-state index is 9.16. The highest BCUT2D eigenvalue weighted by molar-refractivity contribution is 5.94. The van der Waals surface area contributed by atoms with E-state index in [2.05, 4.69) is 0 Å². The van der Waals surface area contributed by atoms with E-state index in [1.807, 2.05) is 46.9 Å². The Morgan fingerprint density at radius 3 is 1.80 bits per heavy atom. The van der Waals surface area contributed by atoms with Crippen molar-refractivity contribution >= 4 is 55.7 Å². The van der Waals surface area contributed by atoms with Gasteiger partial charge in [0.15, 0.2) is 0 Å². The fourth-order valence-electron chi connectivity index (χ4n) is 7.56. The molecule has 0 saturated carbocycles. The summed E-state index contributed by atoms with van der Waals surface area (Å²) >= 11 is 0. The van der Waals surface area contributed by atoms with Gasteiger partial charge in [-0.15, -0.1) is 0 Å². The minimum absolute atomic E-state index is 0.000714. The molecule has 1 aliphatic rings. The molecule has 0 aliphatic carbocycles. The number of nitrogens with zero attached hydrogens (tertiary/aromatic N) is 7. The molecule has 50 heavy (non-hydrogen) atoms. The highest BCUT2D eigenvalue weighted by Crippen LogP contribution is 2.49. The summed E-state index contributed by atoms with van der Waals surface area (Å²) in [4.78, 5) is 14.4. The molecule has 0 bridgehead atoms. The molecule has 1 aliphatic heterocycles. The number of benzene rings is 5. The van der Waals surface area contributed by atoms with Gasteiger partial charge in [-0.25, -0.2) is 15.0 Å². The Balaban J connectivity index is 1.19. The first-order valence-electron chi connectivity index (χ1n) is 22.0. The van der Waals surface area contributed by atoms with Gasteiger partial charge in [-0.1, -0.05) is 62.2 Å². The number of pyridine rings is 1. The second-order valence-electron chi connectivity index (χ2n) is 12.6. The van der Waals surface area contributed by atoms with Crippen LogP contribution in [0, 0.1) is 13.7 Å². The van der Waals surface area contributed by atoms with Crippen LogP contribution in [-0.2, 0) is 5.41 Å². The van der Waals surface area contributed by atoms with E-state index in [1.54, 1.807) is 49.9 Å². The topological polar surface area (TPSA) is 66.6 Å². The number of hydrogen-bond donors (Lipinski definition) is 0. The maximum Gasteiger partial charge on any atom is 0.221 e. The Morgan fingerprint density at radius 1 is 0.580 bits per heavy atom. The molecule has 10 aromatic rings. The second-order valence-corrected chi connectivity index (χ2v) is 12.6. The first-order valence-corrected chi connectivity index (χ1v) is 16.0. The third-order valence-electron chi connectivity index (χ3n) is 9.79. The molecule has 240 valence electrons. The van der Waals surface area contributed by atoms with Crippen LogP contribution in [0.15, 0.2) is 115 Å². The van der Waals surface area contributed by atoms with E-state index in [0.29, 0.717) is 44.6 Å². The summed E-state index contributed by atoms with van der Waals surface area (Å²) < 4.78 is 118. The monoisotopic (exact) mass is 661 g/mol. The molecule has 0 unspecified atom stereocenters. The highest BCUT2D eigenvalue weighted by atomic mass is 16.5. The fourth-order valence-corrected chi connectivity index (χ4v) is 7.56. The summed E-state index contributed by atoms with van der Waals surface area (Å²) in [5.41, 5.74) is 1.62. The predicted molar refractivity (Wildman–Crippen MR) is 199 cm³/mol. The van der Waals surface area contributed by atoms with Crippen LogP contribution in [0.3, 0.4) is 0 Å². The number of rotatable bonds is 2. The second kappa shape index (κ2) is 9.39. The lowest BCUT2D eigenvalue weighted by Crippen LogP contribution is -2.25. The van der Waals surface area contributed by atoms with Gasteiger partial charge in [0.25, 0.3) is 0 Å². The molecular weight excluding hydrogens is 619 g/mol. The van der Waals surface area contributed by atoms with Crippen molar-refractivity contribution in [2.45, 2.75) is 32.8 Å². The molecule has 0 amide bonds. The van der Waals surface area contributed by atoms with Gasteiger partial charge in [0.05, 0.1) is 50.3 Å². The summed E-state index contributed by atoms with van der Waals surface area (Å²) in [7, 11) is 0. The Kier molecular flexibility index (Phi) is 3.45. The summed E-state index contributed by atoms with van der Waals surface area (Å²) in [5.74, 6) is 0.646. The van der Waals surface area contributed by atoms with Crippen LogP contribution < -0.4 is 4.74 Å². The van der Waals surface area contributed by atoms with Crippen molar-refractivity contribution < 1.29 is 21.2 Å². The zero-order valence-electron chi connectivity index (χ0n) is 38.0. The van der Waals surface area contributed by atoms with Crippen LogP contribution in [0.5, 0.6) is 11.5 Å². The molecule has 0 fully saturated rings. The number of imidazole rings is 4. The number of fused-ring (bicyclic) bond motifs is 12. The smallest absolute Gasteiger partial charge is 0.221 e. The van der Waals surface area contributed by atoms with Crippen molar-refractivity contribution in [3.8, 4) is 23.0 Å². The summed E-state index contributed by atoms with van der Waals surface area (Å²) in [5, 5.41) is 0. The Hall–Kier alpha value is -6.41. The molecule has 5 aromatic carbocycles. The molecule has 11 rings (SSSR count). The van der Waals surface area contributed by atoms with E-state index < -0.39 is 32.8 Å². The molecule has 0 spiro atoms. The van der Waals surface area contributed by atoms with Crippen molar-refractivity contribution in [2.75, 3.05) is 0 Å². The maximum atomic E-state index is 9.16. The van der Waals surface area contributed by atoms with Crippen molar-refractivity contribution in [3.63, 3.8) is 0 Å². The number of aromatic nitrogens is 7. The average molecular weight is 662 g/mol. The zero-order valence-corrected chi connectivity index (χ0v) is 26.0. The molecule has 0 atom stereocenters. The fraction of sp³-hybridized carbons (Fsp3) is 0.119. The average Bonchev–Trinajstić information content (AvgIpc) is 3.94. The van der Waals surface area contributed by atoms with Gasteiger partial charge in [-0.2, -0.15) is 0 Å². The molecule has 0 saturated heterocycles. The SMILES string of the molecule is [2H]C([2H])([2H])c1cccc2c1nc1n(-c3ccc4c(c3)C(C([2H])([2H])[2H])(C([2H])([2H])[2H])c3cc(-n5c6ccccc6n6c7cccc(C([2H])([2H])[2H])c7nc56)ncc3O4)c3ccccc3n21. The van der Waals surface area contributed by atoms with Crippen molar-refractivity contribution in [1.82, 2.24) is 32.9 Å². The molecule has 5 aromatic heterocycles. The van der Waals surface area contributed by atoms with Gasteiger partial charge in [-0.3, -0.25) is 17.9 Å². The lowest BCUT2D eigenvalue weighted by atomic mass is 9.76. The standard InChI is InChI=1S/C42H31N7O/c1-24-11-9-17-33-38(24)44-40-46(29-13-5-6-14-30(29)47(33)40)26-19-20-35-27(21-26)42(3,4)28-22-37(43-23-36(28)50-35)49-32-16-8-7-15-31(32)48-34-18-10-12-25(2)39(34)45-41(48)49/h5-23H,1-4H3/i1D3,2D3,3D3,4D3. The van der Waals surface area contributed by atoms with Crippen molar-refractivity contribution in [1.29, 1.82) is 0 Å². The molecule has 8 heteroatoms. The molecular formula is C42H31N7O. The molecule has 8 nitrogen and oxygen atoms in total. The van der Waals surface area contributed by atoms with Gasteiger partial charge < -0.3 is 4.74 Å². The summed E-state index contributed by atoms with van der Waals surface area (Å²) in [6.45, 7) is -11.4. The highest BCUT2D eigenvalue weighted by Gasteiger charge is 2.36. The zero-order chi connectivity index (χ0) is 43.5.